The van der Waals surface area contributed by atoms with Crippen molar-refractivity contribution in [1.29, 1.82) is 0 Å². The van der Waals surface area contributed by atoms with E-state index in [9.17, 15) is 27.6 Å². The van der Waals surface area contributed by atoms with Crippen LogP contribution in [0.4, 0.5) is 24.5 Å². The van der Waals surface area contributed by atoms with E-state index in [0.29, 0.717) is 11.3 Å². The van der Waals surface area contributed by atoms with Gasteiger partial charge in [-0.2, -0.15) is 13.2 Å². The first kappa shape index (κ1) is 25.0. The van der Waals surface area contributed by atoms with Gasteiger partial charge in [0.2, 0.25) is 11.8 Å². The van der Waals surface area contributed by atoms with E-state index in [1.165, 1.54) is 26.0 Å². The van der Waals surface area contributed by atoms with Crippen LogP contribution in [-0.4, -0.2) is 32.2 Å². The Bertz CT molecular complexity index is 1290. The van der Waals surface area contributed by atoms with Crippen LogP contribution < -0.4 is 16.2 Å². The van der Waals surface area contributed by atoms with Gasteiger partial charge in [-0.25, -0.2) is 0 Å². The summed E-state index contributed by atoms with van der Waals surface area (Å²) < 4.78 is 39.5. The van der Waals surface area contributed by atoms with Crippen LogP contribution in [-0.2, 0) is 15.8 Å². The lowest BCUT2D eigenvalue weighted by Crippen LogP contribution is -2.25. The van der Waals surface area contributed by atoms with Gasteiger partial charge in [0.15, 0.2) is 10.9 Å². The van der Waals surface area contributed by atoms with Crippen LogP contribution in [0.5, 0.6) is 0 Å². The lowest BCUT2D eigenvalue weighted by Gasteiger charge is -2.16. The molecule has 3 rings (SSSR count). The Hall–Kier alpha value is -3.67. The second-order valence-corrected chi connectivity index (χ2v) is 8.66. The van der Waals surface area contributed by atoms with Gasteiger partial charge in [-0.05, 0) is 38.1 Å². The Morgan fingerprint density at radius 3 is 2.41 bits per heavy atom. The molecule has 0 spiro atoms. The second-order valence-electron chi connectivity index (χ2n) is 7.33. The number of carbonyl (C=O) groups is 2. The van der Waals surface area contributed by atoms with Gasteiger partial charge in [0.1, 0.15) is 0 Å². The number of alkyl halides is 3. The fourth-order valence-corrected chi connectivity index (χ4v) is 3.74. The van der Waals surface area contributed by atoms with E-state index >= 15 is 0 Å². The lowest BCUT2D eigenvalue weighted by molar-refractivity contribution is -0.137. The van der Waals surface area contributed by atoms with E-state index in [2.05, 4.69) is 25.8 Å². The van der Waals surface area contributed by atoms with Gasteiger partial charge in [-0.1, -0.05) is 35.5 Å². The number of para-hydroxylation sites is 1. The van der Waals surface area contributed by atoms with Crippen LogP contribution in [0.15, 0.2) is 52.4 Å². The van der Waals surface area contributed by atoms with Crippen LogP contribution >= 0.6 is 11.8 Å². The molecule has 0 fully saturated rings. The smallest absolute Gasteiger partial charge is 0.326 e. The topological polar surface area (TPSA) is 117 Å². The molecule has 3 N–H and O–H groups in total. The van der Waals surface area contributed by atoms with Gasteiger partial charge in [-0.15, -0.1) is 10.2 Å². The summed E-state index contributed by atoms with van der Waals surface area (Å²) in [5.41, 5.74) is -0.395. The molecule has 178 valence electrons. The van der Waals surface area contributed by atoms with Crippen LogP contribution in [0.2, 0.25) is 0 Å². The summed E-state index contributed by atoms with van der Waals surface area (Å²) in [5, 5.41) is 11.9. The van der Waals surface area contributed by atoms with E-state index in [0.717, 1.165) is 29.5 Å². The molecule has 8 nitrogen and oxygen atoms in total. The minimum atomic E-state index is -4.63. The normalized spacial score (nSPS) is 12.2. The van der Waals surface area contributed by atoms with Crippen molar-refractivity contribution < 1.29 is 22.8 Å². The molecule has 0 aliphatic rings. The van der Waals surface area contributed by atoms with Crippen molar-refractivity contribution in [3.05, 3.63) is 63.9 Å². The molecular formula is C22H20F3N5O3S. The van der Waals surface area contributed by atoms with Crippen molar-refractivity contribution in [3.63, 3.8) is 0 Å². The third kappa shape index (κ3) is 6.01. The number of benzene rings is 2. The minimum Gasteiger partial charge on any atom is -0.326 e. The molecule has 0 saturated carbocycles. The van der Waals surface area contributed by atoms with Crippen LogP contribution in [0.3, 0.4) is 0 Å². The molecule has 0 radical (unpaired) electrons. The predicted octanol–water partition coefficient (Wildman–Crippen LogP) is 4.24. The number of aryl methyl sites for hydroxylation is 1. The summed E-state index contributed by atoms with van der Waals surface area (Å²) in [7, 11) is 0. The molecule has 1 heterocycles. The number of amides is 2. The van der Waals surface area contributed by atoms with Gasteiger partial charge in [0, 0.05) is 12.5 Å². The second kappa shape index (κ2) is 10.1. The van der Waals surface area contributed by atoms with Crippen LogP contribution in [0.1, 0.15) is 25.0 Å². The van der Waals surface area contributed by atoms with E-state index < -0.39 is 28.5 Å². The van der Waals surface area contributed by atoms with E-state index in [-0.39, 0.29) is 22.4 Å². The van der Waals surface area contributed by atoms with Gasteiger partial charge in [-0.3, -0.25) is 19.4 Å². The molecule has 2 aromatic carbocycles. The number of nitrogens with zero attached hydrogens (tertiary/aromatic N) is 2. The zero-order valence-corrected chi connectivity index (χ0v) is 19.1. The summed E-state index contributed by atoms with van der Waals surface area (Å²) in [6.07, 6.45) is -4.63. The minimum absolute atomic E-state index is 0.00855. The molecule has 2 amide bonds. The highest BCUT2D eigenvalue weighted by molar-refractivity contribution is 8.00. The number of hydrogen-bond donors (Lipinski definition) is 3. The quantitative estimate of drug-likeness (QED) is 0.444. The summed E-state index contributed by atoms with van der Waals surface area (Å²) in [6, 6.07) is 9.71. The fourth-order valence-electron chi connectivity index (χ4n) is 3.00. The monoisotopic (exact) mass is 491 g/mol. The summed E-state index contributed by atoms with van der Waals surface area (Å²) >= 11 is 0.828. The number of anilines is 2. The Labute approximate surface area is 196 Å². The average molecular weight is 491 g/mol. The maximum Gasteiger partial charge on any atom is 0.418 e. The lowest BCUT2D eigenvalue weighted by atomic mass is 10.1. The molecule has 1 atom stereocenters. The summed E-state index contributed by atoms with van der Waals surface area (Å²) in [5.74, 6) is -1.03. The predicted molar refractivity (Wildman–Crippen MR) is 123 cm³/mol. The number of thioether (sulfide) groups is 1. The number of aromatic amines is 1. The standard InChI is InChI=1S/C22H20F3N5O3S/c1-11-8-9-16(26-13(3)31)14(10-11)18-20(33)28-21(30-29-18)34-12(2)19(32)27-17-7-5-4-6-15(17)22(23,24)25/h4-10,12H,1-3H3,(H,26,31)(H,27,32)(H,28,30,33)/t12-/m0/s1. The highest BCUT2D eigenvalue weighted by atomic mass is 32.2. The van der Waals surface area contributed by atoms with Gasteiger partial charge >= 0.3 is 6.18 Å². The molecule has 1 aromatic heterocycles. The van der Waals surface area contributed by atoms with Crippen molar-refractivity contribution in [2.24, 2.45) is 0 Å². The molecule has 0 unspecified atom stereocenters. The highest BCUT2D eigenvalue weighted by Crippen LogP contribution is 2.35. The maximum atomic E-state index is 13.2. The maximum absolute atomic E-state index is 13.2. The molecule has 0 aliphatic carbocycles. The van der Waals surface area contributed by atoms with Crippen LogP contribution in [0, 0.1) is 6.92 Å². The molecule has 0 saturated heterocycles. The number of nitrogens with one attached hydrogen (secondary N) is 3. The van der Waals surface area contributed by atoms with Gasteiger partial charge in [0.25, 0.3) is 5.56 Å². The number of hydrogen-bond acceptors (Lipinski definition) is 6. The Kier molecular flexibility index (Phi) is 7.40. The fraction of sp³-hybridized carbons (Fsp3) is 0.227. The first-order valence-corrected chi connectivity index (χ1v) is 10.8. The zero-order chi connectivity index (χ0) is 25.0. The van der Waals surface area contributed by atoms with E-state index in [4.69, 9.17) is 0 Å². The summed E-state index contributed by atoms with van der Waals surface area (Å²) in [6.45, 7) is 4.60. The number of aromatic nitrogens is 3. The van der Waals surface area contributed by atoms with Gasteiger partial charge < -0.3 is 10.6 Å². The van der Waals surface area contributed by atoms with Crippen molar-refractivity contribution in [2.75, 3.05) is 10.6 Å². The van der Waals surface area contributed by atoms with Crippen molar-refractivity contribution in [2.45, 2.75) is 37.4 Å². The van der Waals surface area contributed by atoms with E-state index in [1.807, 2.05) is 6.92 Å². The first-order chi connectivity index (χ1) is 16.0. The Morgan fingerprint density at radius 2 is 1.76 bits per heavy atom. The number of H-pyrrole nitrogens is 1. The van der Waals surface area contributed by atoms with Crippen molar-refractivity contribution in [3.8, 4) is 11.3 Å². The Balaban J connectivity index is 1.79. The van der Waals surface area contributed by atoms with E-state index in [1.54, 1.807) is 18.2 Å². The number of halogens is 3. The first-order valence-electron chi connectivity index (χ1n) is 9.95. The molecule has 0 aliphatic heterocycles. The third-order valence-electron chi connectivity index (χ3n) is 4.57. The molecule has 0 bridgehead atoms. The number of rotatable bonds is 6. The van der Waals surface area contributed by atoms with Crippen molar-refractivity contribution >= 4 is 35.0 Å². The molecule has 3 aromatic rings. The molecule has 34 heavy (non-hydrogen) atoms. The largest absolute Gasteiger partial charge is 0.418 e. The van der Waals surface area contributed by atoms with Crippen molar-refractivity contribution in [1.82, 2.24) is 15.2 Å². The SMILES string of the molecule is CC(=O)Nc1ccc(C)cc1-c1nnc(S[C@@H](C)C(=O)Nc2ccccc2C(F)(F)F)[nH]c1=O. The van der Waals surface area contributed by atoms with Gasteiger partial charge in [0.05, 0.1) is 22.2 Å². The average Bonchev–Trinajstić information content (AvgIpc) is 2.74. The van der Waals surface area contributed by atoms with Crippen LogP contribution in [0.25, 0.3) is 11.3 Å². The number of carbonyl (C=O) groups excluding carboxylic acids is 2. The summed E-state index contributed by atoms with van der Waals surface area (Å²) in [4.78, 5) is 39.1. The highest BCUT2D eigenvalue weighted by Gasteiger charge is 2.34. The zero-order valence-electron chi connectivity index (χ0n) is 18.3. The Morgan fingerprint density at radius 1 is 1.06 bits per heavy atom. The molecular weight excluding hydrogens is 471 g/mol. The third-order valence-corrected chi connectivity index (χ3v) is 5.54. The molecule has 12 heteroatoms.